The van der Waals surface area contributed by atoms with Gasteiger partial charge in [0.25, 0.3) is 0 Å². The molecule has 1 aliphatic heterocycles. The van der Waals surface area contributed by atoms with Crippen LogP contribution in [-0.2, 0) is 11.3 Å². The summed E-state index contributed by atoms with van der Waals surface area (Å²) in [4.78, 5) is 22.9. The summed E-state index contributed by atoms with van der Waals surface area (Å²) in [7, 11) is 1.64. The predicted octanol–water partition coefficient (Wildman–Crippen LogP) is 2.16. The first-order valence-electron chi connectivity index (χ1n) is 10.0. The third-order valence-corrected chi connectivity index (χ3v) is 4.80. The highest BCUT2D eigenvalue weighted by Gasteiger charge is 2.25. The van der Waals surface area contributed by atoms with E-state index in [0.29, 0.717) is 37.1 Å². The zero-order chi connectivity index (χ0) is 20.6. The summed E-state index contributed by atoms with van der Waals surface area (Å²) < 4.78 is 5.18. The van der Waals surface area contributed by atoms with Crippen LogP contribution in [0.2, 0.25) is 0 Å². The normalized spacial score (nSPS) is 16.2. The van der Waals surface area contributed by atoms with Gasteiger partial charge in [-0.15, -0.1) is 24.0 Å². The Morgan fingerprint density at radius 2 is 2.10 bits per heavy atom. The summed E-state index contributed by atoms with van der Waals surface area (Å²) in [5, 5.41) is 13.9. The van der Waals surface area contributed by atoms with Crippen LogP contribution in [0.3, 0.4) is 0 Å². The van der Waals surface area contributed by atoms with Gasteiger partial charge in [-0.2, -0.15) is 5.10 Å². The molecule has 3 rings (SSSR count). The van der Waals surface area contributed by atoms with Crippen molar-refractivity contribution < 1.29 is 9.53 Å². The average Bonchev–Trinajstić information content (AvgIpc) is 3.41. The predicted molar refractivity (Wildman–Crippen MR) is 127 cm³/mol. The quantitative estimate of drug-likeness (QED) is 0.290. The first-order chi connectivity index (χ1) is 14.1. The number of guanidine groups is 1. The van der Waals surface area contributed by atoms with Crippen LogP contribution in [0.15, 0.2) is 29.3 Å². The largest absolute Gasteiger partial charge is 0.497 e. The number of nitrogens with zero attached hydrogens (tertiary/aromatic N) is 4. The van der Waals surface area contributed by atoms with Crippen LogP contribution < -0.4 is 15.4 Å². The third kappa shape index (κ3) is 6.31. The molecule has 1 fully saturated rings. The number of aliphatic imine (C=N–C) groups is 1. The van der Waals surface area contributed by atoms with Gasteiger partial charge >= 0.3 is 0 Å². The Balaban J connectivity index is 0.00000320. The maximum absolute atomic E-state index is 11.9. The Kier molecular flexibility index (Phi) is 9.34. The van der Waals surface area contributed by atoms with Gasteiger partial charge in [0.05, 0.1) is 7.11 Å². The molecule has 1 atom stereocenters. The van der Waals surface area contributed by atoms with E-state index in [2.05, 4.69) is 30.8 Å². The van der Waals surface area contributed by atoms with Gasteiger partial charge in [-0.3, -0.25) is 9.89 Å². The van der Waals surface area contributed by atoms with E-state index in [1.54, 1.807) is 7.11 Å². The van der Waals surface area contributed by atoms with Gasteiger partial charge in [-0.1, -0.05) is 6.92 Å². The number of methoxy groups -OCH3 is 1. The average molecular weight is 527 g/mol. The molecule has 10 heteroatoms. The standard InChI is InChI=1S/C20H29N7O2.HI/c1-4-18(28)27-11-10-15(13-27)23-20(21-5-2)22-12-17-24-19(26-25-17)14-6-8-16(29-3)9-7-14;/h6-9,15H,4-5,10-13H2,1-3H3,(H2,21,22,23)(H,24,25,26);1H. The molecule has 0 spiro atoms. The summed E-state index contributed by atoms with van der Waals surface area (Å²) in [6.45, 7) is 6.55. The summed E-state index contributed by atoms with van der Waals surface area (Å²) in [6, 6.07) is 7.80. The number of benzene rings is 1. The second kappa shape index (κ2) is 11.7. The number of ether oxygens (including phenoxy) is 1. The Bertz CT molecular complexity index is 838. The first kappa shape index (κ1) is 23.9. The highest BCUT2D eigenvalue weighted by Crippen LogP contribution is 2.19. The molecule has 1 aromatic heterocycles. The van der Waals surface area contributed by atoms with E-state index in [1.807, 2.05) is 43.0 Å². The van der Waals surface area contributed by atoms with Gasteiger partial charge in [-0.25, -0.2) is 9.98 Å². The molecule has 9 nitrogen and oxygen atoms in total. The molecule has 1 aliphatic rings. The molecular weight excluding hydrogens is 497 g/mol. The highest BCUT2D eigenvalue weighted by molar-refractivity contribution is 14.0. The summed E-state index contributed by atoms with van der Waals surface area (Å²) in [5.41, 5.74) is 0.911. The number of H-pyrrole nitrogens is 1. The molecule has 0 aliphatic carbocycles. The van der Waals surface area contributed by atoms with Crippen LogP contribution in [0.5, 0.6) is 5.75 Å². The number of carbonyl (C=O) groups excluding carboxylic acids is 1. The molecule has 30 heavy (non-hydrogen) atoms. The van der Waals surface area contributed by atoms with Crippen molar-refractivity contribution >= 4 is 35.8 Å². The molecule has 1 aromatic carbocycles. The number of aromatic nitrogens is 3. The minimum absolute atomic E-state index is 0. The maximum Gasteiger partial charge on any atom is 0.222 e. The lowest BCUT2D eigenvalue weighted by molar-refractivity contribution is -0.129. The fourth-order valence-corrected chi connectivity index (χ4v) is 3.23. The highest BCUT2D eigenvalue weighted by atomic mass is 127. The lowest BCUT2D eigenvalue weighted by Crippen LogP contribution is -2.45. The molecule has 3 N–H and O–H groups in total. The van der Waals surface area contributed by atoms with Crippen molar-refractivity contribution in [2.75, 3.05) is 26.7 Å². The van der Waals surface area contributed by atoms with E-state index in [-0.39, 0.29) is 35.9 Å². The fourth-order valence-electron chi connectivity index (χ4n) is 3.23. The Morgan fingerprint density at radius 1 is 1.33 bits per heavy atom. The third-order valence-electron chi connectivity index (χ3n) is 4.80. The van der Waals surface area contributed by atoms with Crippen molar-refractivity contribution in [1.29, 1.82) is 0 Å². The Morgan fingerprint density at radius 3 is 2.77 bits per heavy atom. The molecular formula is C20H30IN7O2. The van der Waals surface area contributed by atoms with E-state index >= 15 is 0 Å². The topological polar surface area (TPSA) is 108 Å². The van der Waals surface area contributed by atoms with Crippen molar-refractivity contribution in [3.63, 3.8) is 0 Å². The number of nitrogens with one attached hydrogen (secondary N) is 3. The Hall–Kier alpha value is -2.37. The van der Waals surface area contributed by atoms with Crippen molar-refractivity contribution in [2.24, 2.45) is 4.99 Å². The molecule has 1 amide bonds. The van der Waals surface area contributed by atoms with E-state index < -0.39 is 0 Å². The van der Waals surface area contributed by atoms with Crippen LogP contribution in [0, 0.1) is 0 Å². The van der Waals surface area contributed by atoms with Crippen molar-refractivity contribution in [1.82, 2.24) is 30.7 Å². The fraction of sp³-hybridized carbons (Fsp3) is 0.500. The smallest absolute Gasteiger partial charge is 0.222 e. The lowest BCUT2D eigenvalue weighted by atomic mass is 10.2. The monoisotopic (exact) mass is 527 g/mol. The molecule has 0 radical (unpaired) electrons. The van der Waals surface area contributed by atoms with Gasteiger partial charge < -0.3 is 20.3 Å². The zero-order valence-corrected chi connectivity index (χ0v) is 20.0. The number of rotatable bonds is 7. The number of amides is 1. The van der Waals surface area contributed by atoms with Crippen LogP contribution in [0.1, 0.15) is 32.5 Å². The second-order valence-corrected chi connectivity index (χ2v) is 6.85. The van der Waals surface area contributed by atoms with Crippen molar-refractivity contribution in [2.45, 2.75) is 39.3 Å². The number of hydrogen-bond donors (Lipinski definition) is 3. The molecule has 0 saturated carbocycles. The lowest BCUT2D eigenvalue weighted by Gasteiger charge is -2.18. The molecule has 2 heterocycles. The van der Waals surface area contributed by atoms with Crippen LogP contribution in [-0.4, -0.2) is 64.7 Å². The molecule has 164 valence electrons. The second-order valence-electron chi connectivity index (χ2n) is 6.85. The van der Waals surface area contributed by atoms with E-state index in [1.165, 1.54) is 0 Å². The molecule has 1 unspecified atom stereocenters. The van der Waals surface area contributed by atoms with Gasteiger partial charge in [0, 0.05) is 37.7 Å². The van der Waals surface area contributed by atoms with Gasteiger partial charge in [0.2, 0.25) is 5.91 Å². The number of halogens is 1. The van der Waals surface area contributed by atoms with Crippen molar-refractivity contribution in [3.8, 4) is 17.1 Å². The Labute approximate surface area is 194 Å². The number of carbonyl (C=O) groups is 1. The van der Waals surface area contributed by atoms with Crippen molar-refractivity contribution in [3.05, 3.63) is 30.1 Å². The van der Waals surface area contributed by atoms with E-state index in [4.69, 9.17) is 4.74 Å². The minimum atomic E-state index is 0. The number of hydrogen-bond acceptors (Lipinski definition) is 5. The molecule has 1 saturated heterocycles. The first-order valence-corrected chi connectivity index (χ1v) is 10.0. The van der Waals surface area contributed by atoms with Crippen LogP contribution in [0.4, 0.5) is 0 Å². The number of aromatic amines is 1. The van der Waals surface area contributed by atoms with Gasteiger partial charge in [0.1, 0.15) is 18.1 Å². The van der Waals surface area contributed by atoms with Gasteiger partial charge in [0.15, 0.2) is 11.8 Å². The van der Waals surface area contributed by atoms with Crippen LogP contribution >= 0.6 is 24.0 Å². The van der Waals surface area contributed by atoms with Gasteiger partial charge in [-0.05, 0) is 37.6 Å². The van der Waals surface area contributed by atoms with E-state index in [0.717, 1.165) is 30.8 Å². The minimum Gasteiger partial charge on any atom is -0.497 e. The maximum atomic E-state index is 11.9. The summed E-state index contributed by atoms with van der Waals surface area (Å²) >= 11 is 0. The summed E-state index contributed by atoms with van der Waals surface area (Å²) in [5.74, 6) is 3.01. The number of likely N-dealkylation sites (tertiary alicyclic amines) is 1. The zero-order valence-electron chi connectivity index (χ0n) is 17.6. The summed E-state index contributed by atoms with van der Waals surface area (Å²) in [6.07, 6.45) is 1.46. The van der Waals surface area contributed by atoms with Crippen LogP contribution in [0.25, 0.3) is 11.4 Å². The molecule has 2 aromatic rings. The van der Waals surface area contributed by atoms with E-state index in [9.17, 15) is 4.79 Å². The molecule has 0 bridgehead atoms. The SMILES string of the molecule is CCNC(=NCc1nc(-c2ccc(OC)cc2)n[nH]1)NC1CCN(C(=O)CC)C1.I.